The number of imidazole rings is 1. The molecular weight excluding hydrogens is 478 g/mol. The van der Waals surface area contributed by atoms with E-state index in [9.17, 15) is 4.79 Å². The Labute approximate surface area is 218 Å². The molecule has 4 rings (SSSR count). The first kappa shape index (κ1) is 30.2. The molecule has 0 saturated carbocycles. The lowest BCUT2D eigenvalue weighted by Gasteiger charge is -2.35. The van der Waals surface area contributed by atoms with Gasteiger partial charge >= 0.3 is 0 Å². The molecule has 0 aliphatic carbocycles. The number of amides is 1. The van der Waals surface area contributed by atoms with Gasteiger partial charge in [-0.05, 0) is 37.8 Å². The van der Waals surface area contributed by atoms with Crippen LogP contribution in [0.15, 0.2) is 24.3 Å². The smallest absolute Gasteiger partial charge is 0.300 e. The predicted molar refractivity (Wildman–Crippen MR) is 140 cm³/mol. The van der Waals surface area contributed by atoms with E-state index in [1.54, 1.807) is 0 Å². The number of benzene rings is 1. The monoisotopic (exact) mass is 519 g/mol. The molecule has 2 fully saturated rings. The van der Waals surface area contributed by atoms with Gasteiger partial charge in [-0.2, -0.15) is 0 Å². The van der Waals surface area contributed by atoms with Crippen LogP contribution in [0.3, 0.4) is 0 Å². The summed E-state index contributed by atoms with van der Waals surface area (Å²) in [6, 6.07) is 8.76. The number of hydrogen-bond donors (Lipinski definition) is 4. The minimum absolute atomic E-state index is 0.00633. The maximum Gasteiger partial charge on any atom is 0.300 e. The number of para-hydroxylation sites is 2. The van der Waals surface area contributed by atoms with E-state index in [-0.39, 0.29) is 17.9 Å². The van der Waals surface area contributed by atoms with Crippen molar-refractivity contribution in [3.63, 3.8) is 0 Å². The van der Waals surface area contributed by atoms with E-state index in [0.717, 1.165) is 89.1 Å². The minimum Gasteiger partial charge on any atom is -0.481 e. The standard InChI is InChI=1S/C22H33N5O2.2C2H4O2/c1-26-20-5-3-2-4-19(20)25-21(26)8-11-24-22(28)16-6-7-17(23)15-27(14-16)18-9-12-29-13-10-18;2*1-2(3)4/h2-5,16-18H,6-15,23H2,1H3,(H,24,28);2*1H3,(H,3,4)/t16-,17+;;/m1../s1. The summed E-state index contributed by atoms with van der Waals surface area (Å²) in [5.41, 5.74) is 8.43. The van der Waals surface area contributed by atoms with Crippen LogP contribution in [0, 0.1) is 5.92 Å². The summed E-state index contributed by atoms with van der Waals surface area (Å²) >= 11 is 0. The van der Waals surface area contributed by atoms with Crippen LogP contribution in [0.1, 0.15) is 45.4 Å². The van der Waals surface area contributed by atoms with Gasteiger partial charge < -0.3 is 30.6 Å². The maximum atomic E-state index is 12.9. The molecule has 0 unspecified atom stereocenters. The van der Waals surface area contributed by atoms with E-state index in [4.69, 9.17) is 35.3 Å². The number of carboxylic acids is 2. The molecule has 2 atom stereocenters. The molecule has 1 aromatic carbocycles. The zero-order chi connectivity index (χ0) is 27.4. The molecule has 2 aromatic rings. The van der Waals surface area contributed by atoms with Gasteiger partial charge in [0.2, 0.25) is 5.91 Å². The van der Waals surface area contributed by atoms with Crippen molar-refractivity contribution in [1.82, 2.24) is 19.8 Å². The van der Waals surface area contributed by atoms with Gasteiger partial charge in [-0.1, -0.05) is 12.1 Å². The van der Waals surface area contributed by atoms with Crippen LogP contribution in [-0.2, 0) is 32.6 Å². The number of carboxylic acid groups (broad SMARTS) is 2. The van der Waals surface area contributed by atoms with Crippen molar-refractivity contribution in [3.05, 3.63) is 30.1 Å². The summed E-state index contributed by atoms with van der Waals surface area (Å²) in [7, 11) is 2.03. The van der Waals surface area contributed by atoms with E-state index in [1.807, 2.05) is 25.2 Å². The summed E-state index contributed by atoms with van der Waals surface area (Å²) in [4.78, 5) is 38.0. The van der Waals surface area contributed by atoms with E-state index in [1.165, 1.54) is 0 Å². The van der Waals surface area contributed by atoms with Crippen molar-refractivity contribution >= 4 is 28.9 Å². The number of fused-ring (bicyclic) bond motifs is 1. The highest BCUT2D eigenvalue weighted by Crippen LogP contribution is 2.22. The lowest BCUT2D eigenvalue weighted by Crippen LogP contribution is -2.47. The van der Waals surface area contributed by atoms with Crippen molar-refractivity contribution in [2.75, 3.05) is 32.8 Å². The molecule has 11 nitrogen and oxygen atoms in total. The second-order valence-electron chi connectivity index (χ2n) is 9.49. The van der Waals surface area contributed by atoms with Crippen LogP contribution < -0.4 is 11.1 Å². The van der Waals surface area contributed by atoms with Gasteiger partial charge in [0.15, 0.2) is 0 Å². The number of carbonyl (C=O) groups excluding carboxylic acids is 1. The number of nitrogens with zero attached hydrogens (tertiary/aromatic N) is 3. The lowest BCUT2D eigenvalue weighted by atomic mass is 10.0. The first-order valence-electron chi connectivity index (χ1n) is 12.7. The second-order valence-corrected chi connectivity index (χ2v) is 9.49. The fourth-order valence-corrected chi connectivity index (χ4v) is 4.68. The summed E-state index contributed by atoms with van der Waals surface area (Å²) in [6.45, 7) is 6.08. The highest BCUT2D eigenvalue weighted by molar-refractivity contribution is 5.79. The highest BCUT2D eigenvalue weighted by Gasteiger charge is 2.31. The van der Waals surface area contributed by atoms with Crippen molar-refractivity contribution in [1.29, 1.82) is 0 Å². The van der Waals surface area contributed by atoms with E-state index >= 15 is 0 Å². The van der Waals surface area contributed by atoms with Gasteiger partial charge in [0, 0.05) is 72.2 Å². The van der Waals surface area contributed by atoms with Gasteiger partial charge in [-0.3, -0.25) is 19.3 Å². The average molecular weight is 520 g/mol. The van der Waals surface area contributed by atoms with Crippen molar-refractivity contribution in [2.24, 2.45) is 18.7 Å². The number of nitrogens with one attached hydrogen (secondary N) is 1. The van der Waals surface area contributed by atoms with Crippen LogP contribution in [0.5, 0.6) is 0 Å². The Morgan fingerprint density at radius 2 is 1.68 bits per heavy atom. The van der Waals surface area contributed by atoms with Crippen LogP contribution in [0.25, 0.3) is 11.0 Å². The molecule has 1 amide bonds. The third kappa shape index (κ3) is 10.5. The number of rotatable bonds is 5. The fraction of sp³-hybridized carbons (Fsp3) is 0.615. The SMILES string of the molecule is CC(=O)O.CC(=O)O.Cn1c(CCNC(=O)[C@@H]2CC[C@H](N)CN(C3CCOCC3)C2)nc2ccccc21. The minimum atomic E-state index is -0.833. The molecule has 2 saturated heterocycles. The third-order valence-corrected chi connectivity index (χ3v) is 6.42. The van der Waals surface area contributed by atoms with Gasteiger partial charge in [0.05, 0.1) is 17.0 Å². The third-order valence-electron chi connectivity index (χ3n) is 6.42. The lowest BCUT2D eigenvalue weighted by molar-refractivity contribution is -0.135. The number of aliphatic carboxylic acids is 2. The van der Waals surface area contributed by atoms with Crippen molar-refractivity contribution in [3.8, 4) is 0 Å². The molecule has 0 bridgehead atoms. The first-order valence-corrected chi connectivity index (χ1v) is 12.7. The van der Waals surface area contributed by atoms with Crippen molar-refractivity contribution < 1.29 is 29.3 Å². The Hall–Kier alpha value is -3.02. The Morgan fingerprint density at radius 1 is 1.05 bits per heavy atom. The molecule has 5 N–H and O–H groups in total. The normalized spacial score (nSPS) is 20.5. The molecule has 37 heavy (non-hydrogen) atoms. The molecular formula is C26H41N5O6. The van der Waals surface area contributed by atoms with Crippen LogP contribution in [-0.4, -0.2) is 87.4 Å². The van der Waals surface area contributed by atoms with Gasteiger partial charge in [-0.15, -0.1) is 0 Å². The molecule has 2 aliphatic heterocycles. The number of ether oxygens (including phenoxy) is 1. The summed E-state index contributed by atoms with van der Waals surface area (Å²) in [5.74, 6) is -0.514. The van der Waals surface area contributed by atoms with E-state index < -0.39 is 11.9 Å². The molecule has 206 valence electrons. The van der Waals surface area contributed by atoms with Crippen LogP contribution in [0.4, 0.5) is 0 Å². The Morgan fingerprint density at radius 3 is 2.30 bits per heavy atom. The van der Waals surface area contributed by atoms with Gasteiger partial charge in [0.1, 0.15) is 5.82 Å². The average Bonchev–Trinajstić information content (AvgIpc) is 3.02. The zero-order valence-electron chi connectivity index (χ0n) is 22.1. The highest BCUT2D eigenvalue weighted by atomic mass is 16.5. The Kier molecular flexibility index (Phi) is 12.5. The molecule has 3 heterocycles. The molecule has 0 radical (unpaired) electrons. The summed E-state index contributed by atoms with van der Waals surface area (Å²) < 4.78 is 7.61. The largest absolute Gasteiger partial charge is 0.481 e. The molecule has 0 spiro atoms. The number of nitrogens with two attached hydrogens (primary N) is 1. The number of aryl methyl sites for hydroxylation is 1. The zero-order valence-corrected chi connectivity index (χ0v) is 22.1. The maximum absolute atomic E-state index is 12.9. The fourth-order valence-electron chi connectivity index (χ4n) is 4.68. The quantitative estimate of drug-likeness (QED) is 0.460. The van der Waals surface area contributed by atoms with E-state index in [2.05, 4.69) is 20.9 Å². The van der Waals surface area contributed by atoms with Crippen molar-refractivity contribution in [2.45, 2.75) is 58.0 Å². The summed E-state index contributed by atoms with van der Waals surface area (Å²) in [6.07, 6.45) is 4.57. The number of likely N-dealkylation sites (tertiary alicyclic amines) is 1. The number of carbonyl (C=O) groups is 3. The second kappa shape index (κ2) is 15.3. The topological polar surface area (TPSA) is 160 Å². The number of aromatic nitrogens is 2. The Bertz CT molecular complexity index is 1000. The molecule has 11 heteroatoms. The Balaban J connectivity index is 0.000000530. The molecule has 1 aromatic heterocycles. The van der Waals surface area contributed by atoms with Gasteiger partial charge in [0.25, 0.3) is 11.9 Å². The van der Waals surface area contributed by atoms with Crippen LogP contribution >= 0.6 is 0 Å². The number of hydrogen-bond acceptors (Lipinski definition) is 7. The van der Waals surface area contributed by atoms with E-state index in [0.29, 0.717) is 12.6 Å². The first-order chi connectivity index (χ1) is 17.6. The summed E-state index contributed by atoms with van der Waals surface area (Å²) in [5, 5.41) is 18.0. The molecule has 2 aliphatic rings. The predicted octanol–water partition coefficient (Wildman–Crippen LogP) is 1.63. The van der Waals surface area contributed by atoms with Crippen LogP contribution in [0.2, 0.25) is 0 Å². The van der Waals surface area contributed by atoms with Gasteiger partial charge in [-0.25, -0.2) is 4.98 Å².